The Morgan fingerprint density at radius 2 is 2.00 bits per heavy atom. The number of rotatable bonds is 3. The van der Waals surface area contributed by atoms with E-state index in [1.807, 2.05) is 22.5 Å². The molecule has 0 unspecified atom stereocenters. The number of hydrogen-bond donors (Lipinski definition) is 0. The minimum Gasteiger partial charge on any atom is -0.270 e. The second-order valence-electron chi connectivity index (χ2n) is 3.55. The Morgan fingerprint density at radius 1 is 1.25 bits per heavy atom. The average Bonchev–Trinajstić information content (AvgIpc) is 2.72. The molecule has 0 saturated heterocycles. The fraction of sp³-hybridized carbons (Fsp3) is 0.400. The Hall–Kier alpha value is -0.620. The minimum absolute atomic E-state index is 0.718. The molecule has 4 nitrogen and oxygen atoms in total. The van der Waals surface area contributed by atoms with E-state index >= 15 is 0 Å². The maximum absolute atomic E-state index is 4.41. The van der Waals surface area contributed by atoms with Crippen LogP contribution in [0.25, 0.3) is 0 Å². The van der Waals surface area contributed by atoms with Crippen molar-refractivity contribution in [3.05, 3.63) is 32.7 Å². The molecule has 0 aliphatic rings. The molecular formula is C10H12Br2N4. The Bertz CT molecular complexity index is 501. The smallest absolute Gasteiger partial charge is 0.129 e. The van der Waals surface area contributed by atoms with Crippen LogP contribution in [0.5, 0.6) is 0 Å². The summed E-state index contributed by atoms with van der Waals surface area (Å²) in [4.78, 5) is 0. The van der Waals surface area contributed by atoms with Crippen LogP contribution in [-0.2, 0) is 20.0 Å². The summed E-state index contributed by atoms with van der Waals surface area (Å²) in [5, 5.41) is 8.74. The highest BCUT2D eigenvalue weighted by molar-refractivity contribution is 9.11. The van der Waals surface area contributed by atoms with Gasteiger partial charge in [0, 0.05) is 13.1 Å². The summed E-state index contributed by atoms with van der Waals surface area (Å²) in [5.41, 5.74) is 2.26. The van der Waals surface area contributed by atoms with Gasteiger partial charge in [-0.15, -0.1) is 0 Å². The minimum atomic E-state index is 0.718. The zero-order valence-electron chi connectivity index (χ0n) is 9.11. The molecule has 2 heterocycles. The second-order valence-corrected chi connectivity index (χ2v) is 5.18. The van der Waals surface area contributed by atoms with Crippen LogP contribution in [0, 0.1) is 0 Å². The first-order chi connectivity index (χ1) is 7.60. The molecule has 0 fully saturated rings. The molecule has 0 bridgehead atoms. The third-order valence-corrected chi connectivity index (χ3v) is 3.43. The largest absolute Gasteiger partial charge is 0.270 e. The lowest BCUT2D eigenvalue weighted by Gasteiger charge is -2.03. The molecule has 0 radical (unpaired) electrons. The highest BCUT2D eigenvalue weighted by atomic mass is 79.9. The number of halogens is 2. The molecule has 0 spiro atoms. The Morgan fingerprint density at radius 3 is 2.50 bits per heavy atom. The summed E-state index contributed by atoms with van der Waals surface area (Å²) in [5.74, 6) is 0. The first-order valence-electron chi connectivity index (χ1n) is 5.00. The molecule has 0 aromatic carbocycles. The van der Waals surface area contributed by atoms with Crippen molar-refractivity contribution in [2.45, 2.75) is 19.9 Å². The molecule has 86 valence electrons. The predicted molar refractivity (Wildman–Crippen MR) is 69.3 cm³/mol. The Kier molecular flexibility index (Phi) is 3.49. The third-order valence-electron chi connectivity index (χ3n) is 2.40. The normalized spacial score (nSPS) is 11.0. The number of aryl methyl sites for hydroxylation is 2. The van der Waals surface area contributed by atoms with Crippen LogP contribution in [0.1, 0.15) is 18.3 Å². The molecule has 0 aliphatic carbocycles. The quantitative estimate of drug-likeness (QED) is 0.855. The second kappa shape index (κ2) is 4.71. The lowest BCUT2D eigenvalue weighted by molar-refractivity contribution is 0.607. The molecule has 16 heavy (non-hydrogen) atoms. The van der Waals surface area contributed by atoms with Gasteiger partial charge >= 0.3 is 0 Å². The van der Waals surface area contributed by atoms with E-state index in [4.69, 9.17) is 0 Å². The van der Waals surface area contributed by atoms with Gasteiger partial charge in [-0.05, 0) is 44.3 Å². The van der Waals surface area contributed by atoms with Gasteiger partial charge in [-0.2, -0.15) is 10.2 Å². The van der Waals surface area contributed by atoms with Gasteiger partial charge in [0.05, 0.1) is 17.9 Å². The van der Waals surface area contributed by atoms with E-state index in [1.54, 1.807) is 0 Å². The Labute approximate surface area is 111 Å². The number of aromatic nitrogens is 4. The fourth-order valence-corrected chi connectivity index (χ4v) is 2.66. The maximum atomic E-state index is 4.41. The van der Waals surface area contributed by atoms with Crippen LogP contribution >= 0.6 is 31.9 Å². The summed E-state index contributed by atoms with van der Waals surface area (Å²) in [6, 6.07) is 4.04. The summed E-state index contributed by atoms with van der Waals surface area (Å²) < 4.78 is 5.58. The number of nitrogens with zero attached hydrogens (tertiary/aromatic N) is 4. The fourth-order valence-electron chi connectivity index (χ4n) is 1.52. The monoisotopic (exact) mass is 346 g/mol. The van der Waals surface area contributed by atoms with Gasteiger partial charge in [-0.1, -0.05) is 6.92 Å². The molecule has 6 heteroatoms. The van der Waals surface area contributed by atoms with Crippen molar-refractivity contribution in [3.8, 4) is 0 Å². The highest BCUT2D eigenvalue weighted by Crippen LogP contribution is 2.18. The van der Waals surface area contributed by atoms with Gasteiger partial charge in [0.2, 0.25) is 0 Å². The van der Waals surface area contributed by atoms with E-state index in [0.717, 1.165) is 33.6 Å². The topological polar surface area (TPSA) is 35.6 Å². The van der Waals surface area contributed by atoms with Gasteiger partial charge in [-0.3, -0.25) is 9.36 Å². The molecule has 2 rings (SSSR count). The van der Waals surface area contributed by atoms with Crippen molar-refractivity contribution in [2.75, 3.05) is 0 Å². The molecule has 0 amide bonds. The van der Waals surface area contributed by atoms with E-state index in [9.17, 15) is 0 Å². The van der Waals surface area contributed by atoms with Crippen molar-refractivity contribution in [1.82, 2.24) is 19.6 Å². The molecule has 0 atom stereocenters. The predicted octanol–water partition coefficient (Wildman–Crippen LogP) is 2.75. The van der Waals surface area contributed by atoms with Crippen LogP contribution in [-0.4, -0.2) is 19.6 Å². The SMILES string of the molecule is CCc1cc(Cn2nc(Br)cc2Br)n(C)n1. The van der Waals surface area contributed by atoms with Crippen LogP contribution in [0.15, 0.2) is 21.3 Å². The Balaban J connectivity index is 2.26. The van der Waals surface area contributed by atoms with Gasteiger partial charge in [-0.25, -0.2) is 0 Å². The number of hydrogen-bond acceptors (Lipinski definition) is 2. The van der Waals surface area contributed by atoms with Crippen molar-refractivity contribution >= 4 is 31.9 Å². The molecular weight excluding hydrogens is 336 g/mol. The lowest BCUT2D eigenvalue weighted by atomic mass is 10.3. The standard InChI is InChI=1S/C10H12Br2N4/c1-3-7-4-8(15(2)13-7)6-16-10(12)5-9(11)14-16/h4-5H,3,6H2,1-2H3. The van der Waals surface area contributed by atoms with Crippen LogP contribution in [0.2, 0.25) is 0 Å². The molecule has 0 saturated carbocycles. The van der Waals surface area contributed by atoms with Gasteiger partial charge in [0.25, 0.3) is 0 Å². The zero-order valence-corrected chi connectivity index (χ0v) is 12.3. The maximum Gasteiger partial charge on any atom is 0.129 e. The van der Waals surface area contributed by atoms with Crippen LogP contribution in [0.4, 0.5) is 0 Å². The average molecular weight is 348 g/mol. The molecule has 2 aromatic rings. The van der Waals surface area contributed by atoms with Crippen molar-refractivity contribution in [3.63, 3.8) is 0 Å². The summed E-state index contributed by atoms with van der Waals surface area (Å²) in [6.07, 6.45) is 0.956. The van der Waals surface area contributed by atoms with E-state index < -0.39 is 0 Å². The third kappa shape index (κ3) is 2.38. The van der Waals surface area contributed by atoms with Crippen molar-refractivity contribution in [1.29, 1.82) is 0 Å². The van der Waals surface area contributed by atoms with Crippen LogP contribution < -0.4 is 0 Å². The summed E-state index contributed by atoms with van der Waals surface area (Å²) in [6.45, 7) is 2.82. The van der Waals surface area contributed by atoms with Crippen molar-refractivity contribution in [2.24, 2.45) is 7.05 Å². The summed E-state index contributed by atoms with van der Waals surface area (Å²) in [7, 11) is 1.96. The van der Waals surface area contributed by atoms with E-state index in [0.29, 0.717) is 0 Å². The van der Waals surface area contributed by atoms with E-state index in [1.165, 1.54) is 0 Å². The van der Waals surface area contributed by atoms with Gasteiger partial charge in [0.15, 0.2) is 0 Å². The van der Waals surface area contributed by atoms with Crippen LogP contribution in [0.3, 0.4) is 0 Å². The van der Waals surface area contributed by atoms with E-state index in [-0.39, 0.29) is 0 Å². The molecule has 2 aromatic heterocycles. The zero-order chi connectivity index (χ0) is 11.7. The van der Waals surface area contributed by atoms with Crippen molar-refractivity contribution < 1.29 is 0 Å². The van der Waals surface area contributed by atoms with E-state index in [2.05, 4.69) is 55.0 Å². The molecule has 0 N–H and O–H groups in total. The first-order valence-corrected chi connectivity index (χ1v) is 6.59. The highest BCUT2D eigenvalue weighted by Gasteiger charge is 2.08. The summed E-state index contributed by atoms with van der Waals surface area (Å²) >= 11 is 6.81. The molecule has 0 aliphatic heterocycles. The lowest BCUT2D eigenvalue weighted by Crippen LogP contribution is -2.07. The first kappa shape index (κ1) is 11.9. The van der Waals surface area contributed by atoms with Gasteiger partial charge in [0.1, 0.15) is 9.21 Å². The van der Waals surface area contributed by atoms with Gasteiger partial charge < -0.3 is 0 Å².